The van der Waals surface area contributed by atoms with Crippen molar-refractivity contribution in [2.24, 2.45) is 0 Å². The first kappa shape index (κ1) is 13.5. The number of rotatable bonds is 3. The SMILES string of the molecule is O=[N+]([O-])c1cc(Br)cnc1Nc1ccc2ccccc2c1. The first-order valence-electron chi connectivity index (χ1n) is 6.19. The predicted molar refractivity (Wildman–Crippen MR) is 85.8 cm³/mol. The van der Waals surface area contributed by atoms with Crippen molar-refractivity contribution in [2.45, 2.75) is 0 Å². The van der Waals surface area contributed by atoms with Crippen LogP contribution in [0.5, 0.6) is 0 Å². The molecule has 1 aromatic heterocycles. The van der Waals surface area contributed by atoms with Crippen LogP contribution in [0.25, 0.3) is 10.8 Å². The molecule has 104 valence electrons. The molecule has 21 heavy (non-hydrogen) atoms. The van der Waals surface area contributed by atoms with E-state index in [1.165, 1.54) is 12.3 Å². The van der Waals surface area contributed by atoms with E-state index in [0.717, 1.165) is 16.5 Å². The summed E-state index contributed by atoms with van der Waals surface area (Å²) in [6.45, 7) is 0. The second-order valence-corrected chi connectivity index (χ2v) is 5.38. The maximum atomic E-state index is 11.1. The fourth-order valence-electron chi connectivity index (χ4n) is 2.07. The number of nitro groups is 1. The van der Waals surface area contributed by atoms with E-state index >= 15 is 0 Å². The van der Waals surface area contributed by atoms with Gasteiger partial charge in [-0.2, -0.15) is 0 Å². The zero-order chi connectivity index (χ0) is 14.8. The molecule has 5 nitrogen and oxygen atoms in total. The number of hydrogen-bond donors (Lipinski definition) is 1. The van der Waals surface area contributed by atoms with Gasteiger partial charge in [0.2, 0.25) is 5.82 Å². The number of anilines is 2. The van der Waals surface area contributed by atoms with Gasteiger partial charge in [-0.25, -0.2) is 4.98 Å². The van der Waals surface area contributed by atoms with Crippen molar-refractivity contribution >= 4 is 43.9 Å². The van der Waals surface area contributed by atoms with Crippen LogP contribution in [0.2, 0.25) is 0 Å². The third kappa shape index (κ3) is 2.85. The normalized spacial score (nSPS) is 10.5. The average molecular weight is 344 g/mol. The lowest BCUT2D eigenvalue weighted by Gasteiger charge is -2.07. The summed E-state index contributed by atoms with van der Waals surface area (Å²) in [4.78, 5) is 14.7. The number of nitrogens with one attached hydrogen (secondary N) is 1. The lowest BCUT2D eigenvalue weighted by molar-refractivity contribution is -0.384. The summed E-state index contributed by atoms with van der Waals surface area (Å²) >= 11 is 3.19. The van der Waals surface area contributed by atoms with E-state index in [1.807, 2.05) is 42.5 Å². The van der Waals surface area contributed by atoms with Crippen LogP contribution < -0.4 is 5.32 Å². The third-order valence-electron chi connectivity index (χ3n) is 3.04. The van der Waals surface area contributed by atoms with E-state index < -0.39 is 4.92 Å². The Morgan fingerprint density at radius 2 is 1.86 bits per heavy atom. The van der Waals surface area contributed by atoms with Crippen LogP contribution in [0.15, 0.2) is 59.2 Å². The van der Waals surface area contributed by atoms with Crippen molar-refractivity contribution in [2.75, 3.05) is 5.32 Å². The van der Waals surface area contributed by atoms with Crippen LogP contribution in [0.1, 0.15) is 0 Å². The van der Waals surface area contributed by atoms with Gasteiger partial charge in [-0.3, -0.25) is 10.1 Å². The van der Waals surface area contributed by atoms with E-state index in [9.17, 15) is 10.1 Å². The molecule has 1 N–H and O–H groups in total. The van der Waals surface area contributed by atoms with Crippen molar-refractivity contribution in [3.05, 3.63) is 69.3 Å². The summed E-state index contributed by atoms with van der Waals surface area (Å²) in [7, 11) is 0. The molecule has 0 bridgehead atoms. The highest BCUT2D eigenvalue weighted by atomic mass is 79.9. The first-order valence-corrected chi connectivity index (χ1v) is 6.98. The fraction of sp³-hybridized carbons (Fsp3) is 0. The van der Waals surface area contributed by atoms with Gasteiger partial charge in [0.25, 0.3) is 0 Å². The van der Waals surface area contributed by atoms with Gasteiger partial charge in [-0.05, 0) is 38.8 Å². The van der Waals surface area contributed by atoms with Gasteiger partial charge in [-0.1, -0.05) is 30.3 Å². The van der Waals surface area contributed by atoms with Crippen LogP contribution >= 0.6 is 15.9 Å². The Balaban J connectivity index is 2.00. The minimum Gasteiger partial charge on any atom is -0.334 e. The molecule has 3 aromatic rings. The van der Waals surface area contributed by atoms with E-state index in [1.54, 1.807) is 0 Å². The van der Waals surface area contributed by atoms with Gasteiger partial charge < -0.3 is 5.32 Å². The lowest BCUT2D eigenvalue weighted by atomic mass is 10.1. The largest absolute Gasteiger partial charge is 0.334 e. The smallest absolute Gasteiger partial charge is 0.312 e. The van der Waals surface area contributed by atoms with Crippen LogP contribution in [0.3, 0.4) is 0 Å². The molecule has 0 unspecified atom stereocenters. The topological polar surface area (TPSA) is 68.1 Å². The molecule has 0 fully saturated rings. The van der Waals surface area contributed by atoms with Gasteiger partial charge >= 0.3 is 5.69 Å². The molecule has 2 aromatic carbocycles. The molecule has 3 rings (SSSR count). The van der Waals surface area contributed by atoms with Crippen molar-refractivity contribution in [1.29, 1.82) is 0 Å². The molecule has 0 spiro atoms. The van der Waals surface area contributed by atoms with Gasteiger partial charge in [0, 0.05) is 22.4 Å². The monoisotopic (exact) mass is 343 g/mol. The first-order chi connectivity index (χ1) is 10.1. The minimum atomic E-state index is -0.457. The Labute approximate surface area is 128 Å². The Bertz CT molecular complexity index is 836. The molecule has 1 heterocycles. The predicted octanol–water partition coefficient (Wildman–Crippen LogP) is 4.65. The molecule has 0 aliphatic carbocycles. The Morgan fingerprint density at radius 3 is 2.62 bits per heavy atom. The molecule has 6 heteroatoms. The van der Waals surface area contributed by atoms with Crippen LogP contribution in [-0.2, 0) is 0 Å². The van der Waals surface area contributed by atoms with E-state index in [4.69, 9.17) is 0 Å². The maximum absolute atomic E-state index is 11.1. The summed E-state index contributed by atoms with van der Waals surface area (Å²) in [5.41, 5.74) is 0.684. The Hall–Kier alpha value is -2.47. The van der Waals surface area contributed by atoms with Gasteiger partial charge in [0.15, 0.2) is 0 Å². The van der Waals surface area contributed by atoms with Crippen LogP contribution in [-0.4, -0.2) is 9.91 Å². The molecule has 0 amide bonds. The molecular weight excluding hydrogens is 334 g/mol. The maximum Gasteiger partial charge on any atom is 0.312 e. The van der Waals surface area contributed by atoms with Gasteiger partial charge in [0.05, 0.1) is 4.92 Å². The quantitative estimate of drug-likeness (QED) is 0.555. The summed E-state index contributed by atoms with van der Waals surface area (Å²) in [6, 6.07) is 15.1. The molecule has 0 radical (unpaired) electrons. The molecule has 0 atom stereocenters. The average Bonchev–Trinajstić information content (AvgIpc) is 2.49. The molecule has 0 saturated carbocycles. The summed E-state index contributed by atoms with van der Waals surface area (Å²) in [6.07, 6.45) is 1.52. The van der Waals surface area contributed by atoms with Crippen molar-refractivity contribution < 1.29 is 4.92 Å². The molecule has 0 saturated heterocycles. The second kappa shape index (κ2) is 5.49. The number of fused-ring (bicyclic) bond motifs is 1. The van der Waals surface area contributed by atoms with Crippen LogP contribution in [0.4, 0.5) is 17.2 Å². The second-order valence-electron chi connectivity index (χ2n) is 4.47. The lowest BCUT2D eigenvalue weighted by Crippen LogP contribution is -1.99. The van der Waals surface area contributed by atoms with E-state index in [2.05, 4.69) is 26.2 Å². The number of benzene rings is 2. The summed E-state index contributed by atoms with van der Waals surface area (Å²) < 4.78 is 0.568. The zero-order valence-electron chi connectivity index (χ0n) is 10.8. The molecule has 0 aliphatic heterocycles. The van der Waals surface area contributed by atoms with Gasteiger partial charge in [-0.15, -0.1) is 0 Å². The van der Waals surface area contributed by atoms with E-state index in [-0.39, 0.29) is 11.5 Å². The summed E-state index contributed by atoms with van der Waals surface area (Å²) in [5.74, 6) is 0.221. The number of aromatic nitrogens is 1. The van der Waals surface area contributed by atoms with Crippen molar-refractivity contribution in [3.8, 4) is 0 Å². The molecular formula is C15H10BrN3O2. The highest BCUT2D eigenvalue weighted by Gasteiger charge is 2.16. The van der Waals surface area contributed by atoms with Crippen LogP contribution in [0, 0.1) is 10.1 Å². The van der Waals surface area contributed by atoms with Gasteiger partial charge in [0.1, 0.15) is 0 Å². The van der Waals surface area contributed by atoms with Crippen molar-refractivity contribution in [1.82, 2.24) is 4.98 Å². The zero-order valence-corrected chi connectivity index (χ0v) is 12.4. The van der Waals surface area contributed by atoms with Crippen molar-refractivity contribution in [3.63, 3.8) is 0 Å². The molecule has 0 aliphatic rings. The number of nitrogens with zero attached hydrogens (tertiary/aromatic N) is 2. The number of halogens is 1. The fourth-order valence-corrected chi connectivity index (χ4v) is 2.39. The summed E-state index contributed by atoms with van der Waals surface area (Å²) in [5, 5.41) is 16.3. The van der Waals surface area contributed by atoms with E-state index in [0.29, 0.717) is 4.47 Å². The highest BCUT2D eigenvalue weighted by molar-refractivity contribution is 9.10. The minimum absolute atomic E-state index is 0.0717. The Kier molecular flexibility index (Phi) is 3.53. The number of pyridine rings is 1. The standard InChI is InChI=1S/C15H10BrN3O2/c16-12-8-14(19(20)21)15(17-9-12)18-13-6-5-10-3-1-2-4-11(10)7-13/h1-9H,(H,17,18). The Morgan fingerprint density at radius 1 is 1.10 bits per heavy atom. The number of hydrogen-bond acceptors (Lipinski definition) is 4. The highest BCUT2D eigenvalue weighted by Crippen LogP contribution is 2.29. The third-order valence-corrected chi connectivity index (χ3v) is 3.48.